The molecular formula is C12H18BrNO4S. The first-order chi connectivity index (χ1) is 8.97. The van der Waals surface area contributed by atoms with Crippen LogP contribution in [0.25, 0.3) is 0 Å². The van der Waals surface area contributed by atoms with Crippen LogP contribution < -0.4 is 0 Å². The summed E-state index contributed by atoms with van der Waals surface area (Å²) in [5.41, 5.74) is 0.658. The smallest absolute Gasteiger partial charge is 0.244 e. The third-order valence-corrected chi connectivity index (χ3v) is 5.65. The standard InChI is InChI=1S/C12H18BrNO4S/c1-3-14(6-7-18-2)19(16,17)12-5-4-10(9-15)8-11(12)13/h4-5,8,15H,3,6-7,9H2,1-2H3. The molecule has 7 heteroatoms. The fourth-order valence-electron chi connectivity index (χ4n) is 1.63. The number of aliphatic hydroxyl groups excluding tert-OH is 1. The number of hydrogen-bond acceptors (Lipinski definition) is 4. The van der Waals surface area contributed by atoms with Crippen molar-refractivity contribution < 1.29 is 18.3 Å². The highest BCUT2D eigenvalue weighted by Gasteiger charge is 2.25. The van der Waals surface area contributed by atoms with E-state index in [1.165, 1.54) is 17.5 Å². The maximum absolute atomic E-state index is 12.5. The summed E-state index contributed by atoms with van der Waals surface area (Å²) in [6.07, 6.45) is 0. The highest BCUT2D eigenvalue weighted by atomic mass is 79.9. The summed E-state index contributed by atoms with van der Waals surface area (Å²) in [7, 11) is -2.02. The predicted molar refractivity (Wildman–Crippen MR) is 76.4 cm³/mol. The first kappa shape index (κ1) is 16.6. The number of hydrogen-bond donors (Lipinski definition) is 1. The second-order valence-corrected chi connectivity index (χ2v) is 6.67. The van der Waals surface area contributed by atoms with Crippen molar-refractivity contribution in [1.82, 2.24) is 4.31 Å². The van der Waals surface area contributed by atoms with Gasteiger partial charge in [0.15, 0.2) is 0 Å². The van der Waals surface area contributed by atoms with Crippen LogP contribution in [-0.4, -0.2) is 44.6 Å². The molecule has 1 aromatic rings. The van der Waals surface area contributed by atoms with Gasteiger partial charge in [-0.25, -0.2) is 8.42 Å². The topological polar surface area (TPSA) is 66.8 Å². The van der Waals surface area contributed by atoms with Gasteiger partial charge in [0, 0.05) is 24.7 Å². The minimum absolute atomic E-state index is 0.125. The van der Waals surface area contributed by atoms with E-state index < -0.39 is 10.0 Å². The average molecular weight is 352 g/mol. The number of sulfonamides is 1. The van der Waals surface area contributed by atoms with E-state index in [1.807, 2.05) is 0 Å². The van der Waals surface area contributed by atoms with Crippen LogP contribution in [0.1, 0.15) is 12.5 Å². The monoisotopic (exact) mass is 351 g/mol. The molecular weight excluding hydrogens is 334 g/mol. The Labute approximate surface area is 122 Å². The van der Waals surface area contributed by atoms with Gasteiger partial charge in [-0.05, 0) is 33.6 Å². The molecule has 1 N–H and O–H groups in total. The van der Waals surface area contributed by atoms with E-state index >= 15 is 0 Å². The van der Waals surface area contributed by atoms with Crippen LogP contribution in [0.3, 0.4) is 0 Å². The lowest BCUT2D eigenvalue weighted by Gasteiger charge is -2.21. The van der Waals surface area contributed by atoms with Gasteiger partial charge >= 0.3 is 0 Å². The van der Waals surface area contributed by atoms with E-state index in [-0.39, 0.29) is 11.5 Å². The van der Waals surface area contributed by atoms with E-state index in [4.69, 9.17) is 9.84 Å². The Morgan fingerprint density at radius 1 is 1.42 bits per heavy atom. The summed E-state index contributed by atoms with van der Waals surface area (Å²) in [5.74, 6) is 0. The van der Waals surface area contributed by atoms with Gasteiger partial charge in [-0.1, -0.05) is 13.0 Å². The lowest BCUT2D eigenvalue weighted by atomic mass is 10.2. The lowest BCUT2D eigenvalue weighted by Crippen LogP contribution is -2.34. The van der Waals surface area contributed by atoms with Crippen LogP contribution in [-0.2, 0) is 21.4 Å². The molecule has 5 nitrogen and oxygen atoms in total. The summed E-state index contributed by atoms with van der Waals surface area (Å²) >= 11 is 3.24. The number of ether oxygens (including phenoxy) is 1. The zero-order valence-corrected chi connectivity index (χ0v) is 13.4. The van der Waals surface area contributed by atoms with Crippen molar-refractivity contribution in [3.05, 3.63) is 28.2 Å². The van der Waals surface area contributed by atoms with E-state index in [1.54, 1.807) is 19.1 Å². The summed E-state index contributed by atoms with van der Waals surface area (Å²) < 4.78 is 31.7. The van der Waals surface area contributed by atoms with E-state index in [9.17, 15) is 8.42 Å². The Morgan fingerprint density at radius 3 is 2.58 bits per heavy atom. The van der Waals surface area contributed by atoms with Gasteiger partial charge in [-0.2, -0.15) is 4.31 Å². The van der Waals surface area contributed by atoms with Crippen LogP contribution >= 0.6 is 15.9 Å². The largest absolute Gasteiger partial charge is 0.392 e. The van der Waals surface area contributed by atoms with Gasteiger partial charge in [0.2, 0.25) is 10.0 Å². The molecule has 0 bridgehead atoms. The minimum atomic E-state index is -3.55. The van der Waals surface area contributed by atoms with E-state index in [2.05, 4.69) is 15.9 Å². The van der Waals surface area contributed by atoms with Gasteiger partial charge < -0.3 is 9.84 Å². The number of halogens is 1. The molecule has 0 atom stereocenters. The van der Waals surface area contributed by atoms with E-state index in [0.29, 0.717) is 29.7 Å². The molecule has 0 amide bonds. The van der Waals surface area contributed by atoms with Crippen molar-refractivity contribution in [3.63, 3.8) is 0 Å². The molecule has 0 aromatic heterocycles. The Balaban J connectivity index is 3.11. The second kappa shape index (κ2) is 7.35. The number of rotatable bonds is 7. The summed E-state index contributed by atoms with van der Waals surface area (Å²) in [5, 5.41) is 9.03. The highest BCUT2D eigenvalue weighted by Crippen LogP contribution is 2.26. The van der Waals surface area contributed by atoms with Crippen molar-refractivity contribution in [1.29, 1.82) is 0 Å². The Hall–Kier alpha value is -0.470. The zero-order valence-electron chi connectivity index (χ0n) is 11.0. The third kappa shape index (κ3) is 4.00. The second-order valence-electron chi connectivity index (χ2n) is 3.91. The fourth-order valence-corrected chi connectivity index (χ4v) is 4.15. The van der Waals surface area contributed by atoms with Crippen molar-refractivity contribution >= 4 is 26.0 Å². The van der Waals surface area contributed by atoms with Crippen LogP contribution in [0, 0.1) is 0 Å². The molecule has 0 heterocycles. The SMILES string of the molecule is CCN(CCOC)S(=O)(=O)c1ccc(CO)cc1Br. The molecule has 0 fully saturated rings. The zero-order chi connectivity index (χ0) is 14.5. The molecule has 0 saturated carbocycles. The van der Waals surface area contributed by atoms with Gasteiger partial charge in [-0.15, -0.1) is 0 Å². The average Bonchev–Trinajstić information content (AvgIpc) is 2.38. The van der Waals surface area contributed by atoms with Crippen molar-refractivity contribution in [2.75, 3.05) is 26.8 Å². The molecule has 0 unspecified atom stereocenters. The van der Waals surface area contributed by atoms with Crippen LogP contribution in [0.5, 0.6) is 0 Å². The third-order valence-electron chi connectivity index (χ3n) is 2.69. The predicted octanol–water partition coefficient (Wildman–Crippen LogP) is 1.60. The van der Waals surface area contributed by atoms with Gasteiger partial charge in [0.25, 0.3) is 0 Å². The quantitative estimate of drug-likeness (QED) is 0.810. The Bertz CT molecular complexity index is 518. The molecule has 1 aromatic carbocycles. The van der Waals surface area contributed by atoms with Crippen molar-refractivity contribution in [2.24, 2.45) is 0 Å². The van der Waals surface area contributed by atoms with Crippen molar-refractivity contribution in [2.45, 2.75) is 18.4 Å². The summed E-state index contributed by atoms with van der Waals surface area (Å²) in [6, 6.07) is 4.71. The van der Waals surface area contributed by atoms with Crippen LogP contribution in [0.15, 0.2) is 27.6 Å². The fraction of sp³-hybridized carbons (Fsp3) is 0.500. The number of nitrogens with zero attached hydrogens (tertiary/aromatic N) is 1. The first-order valence-electron chi connectivity index (χ1n) is 5.85. The molecule has 108 valence electrons. The minimum Gasteiger partial charge on any atom is -0.392 e. The maximum atomic E-state index is 12.5. The van der Waals surface area contributed by atoms with Crippen LogP contribution in [0.2, 0.25) is 0 Å². The molecule has 0 aliphatic rings. The first-order valence-corrected chi connectivity index (χ1v) is 8.09. The molecule has 0 aliphatic carbocycles. The molecule has 1 rings (SSSR count). The molecule has 0 radical (unpaired) electrons. The molecule has 0 spiro atoms. The normalized spacial score (nSPS) is 12.1. The molecule has 19 heavy (non-hydrogen) atoms. The molecule has 0 aliphatic heterocycles. The number of benzene rings is 1. The molecule has 0 saturated heterocycles. The van der Waals surface area contributed by atoms with Crippen molar-refractivity contribution in [3.8, 4) is 0 Å². The lowest BCUT2D eigenvalue weighted by molar-refractivity contribution is 0.180. The van der Waals surface area contributed by atoms with Gasteiger partial charge in [-0.3, -0.25) is 0 Å². The Morgan fingerprint density at radius 2 is 2.11 bits per heavy atom. The Kier molecular flexibility index (Phi) is 6.41. The van der Waals surface area contributed by atoms with Gasteiger partial charge in [0.1, 0.15) is 0 Å². The highest BCUT2D eigenvalue weighted by molar-refractivity contribution is 9.10. The number of likely N-dealkylation sites (N-methyl/N-ethyl adjacent to an activating group) is 1. The van der Waals surface area contributed by atoms with Gasteiger partial charge in [0.05, 0.1) is 18.1 Å². The summed E-state index contributed by atoms with van der Waals surface area (Å²) in [4.78, 5) is 0.197. The maximum Gasteiger partial charge on any atom is 0.244 e. The van der Waals surface area contributed by atoms with E-state index in [0.717, 1.165) is 0 Å². The number of aliphatic hydroxyl groups is 1. The summed E-state index contributed by atoms with van der Waals surface area (Å²) in [6.45, 7) is 2.69. The van der Waals surface area contributed by atoms with Crippen LogP contribution in [0.4, 0.5) is 0 Å². The number of methoxy groups -OCH3 is 1.